The molecule has 170 valence electrons. The normalized spacial score (nSPS) is 22.9. The van der Waals surface area contributed by atoms with Gasteiger partial charge >= 0.3 is 0 Å². The highest BCUT2D eigenvalue weighted by Crippen LogP contribution is 2.41. The third kappa shape index (κ3) is 3.92. The van der Waals surface area contributed by atoms with Gasteiger partial charge in [-0.1, -0.05) is 35.9 Å². The summed E-state index contributed by atoms with van der Waals surface area (Å²) < 4.78 is 5.65. The van der Waals surface area contributed by atoms with E-state index in [9.17, 15) is 9.59 Å². The van der Waals surface area contributed by atoms with E-state index in [4.69, 9.17) is 4.74 Å². The summed E-state index contributed by atoms with van der Waals surface area (Å²) >= 11 is 0. The molecule has 2 aliphatic heterocycles. The Labute approximate surface area is 190 Å². The highest BCUT2D eigenvalue weighted by Gasteiger charge is 2.51. The summed E-state index contributed by atoms with van der Waals surface area (Å²) in [5.74, 6) is 0.114. The van der Waals surface area contributed by atoms with Crippen LogP contribution in [0.15, 0.2) is 48.7 Å². The van der Waals surface area contributed by atoms with E-state index in [1.54, 1.807) is 25.2 Å². The van der Waals surface area contributed by atoms with Crippen molar-refractivity contribution in [2.24, 2.45) is 0 Å². The van der Waals surface area contributed by atoms with E-state index in [0.29, 0.717) is 45.6 Å². The van der Waals surface area contributed by atoms with E-state index in [-0.39, 0.29) is 11.8 Å². The van der Waals surface area contributed by atoms with Crippen LogP contribution in [0.4, 0.5) is 0 Å². The number of benzene rings is 1. The smallest absolute Gasteiger partial charge is 0.236 e. The molecule has 0 aliphatic carbocycles. The minimum atomic E-state index is -0.822. The molecule has 0 unspecified atom stereocenters. The molecular formula is C26H33N3O3. The molecule has 0 spiro atoms. The van der Waals surface area contributed by atoms with Crippen LogP contribution in [0.3, 0.4) is 0 Å². The number of hydrogen-bond donors (Lipinski definition) is 0. The van der Waals surface area contributed by atoms with Gasteiger partial charge in [-0.15, -0.1) is 0 Å². The third-order valence-corrected chi connectivity index (χ3v) is 7.08. The van der Waals surface area contributed by atoms with Gasteiger partial charge in [0.2, 0.25) is 11.8 Å². The summed E-state index contributed by atoms with van der Waals surface area (Å²) in [5.41, 5.74) is 1.51. The number of aryl methyl sites for hydroxylation is 1. The van der Waals surface area contributed by atoms with Crippen molar-refractivity contribution in [2.45, 2.75) is 43.4 Å². The van der Waals surface area contributed by atoms with Crippen molar-refractivity contribution in [2.75, 3.05) is 40.4 Å². The number of piperidine rings is 1. The van der Waals surface area contributed by atoms with Crippen molar-refractivity contribution in [1.82, 2.24) is 14.8 Å². The van der Waals surface area contributed by atoms with E-state index in [1.807, 2.05) is 29.2 Å². The van der Waals surface area contributed by atoms with Crippen LogP contribution < -0.4 is 0 Å². The molecule has 2 amide bonds. The molecular weight excluding hydrogens is 402 g/mol. The topological polar surface area (TPSA) is 62.7 Å². The predicted molar refractivity (Wildman–Crippen MR) is 123 cm³/mol. The van der Waals surface area contributed by atoms with Gasteiger partial charge in [0, 0.05) is 46.6 Å². The quantitative estimate of drug-likeness (QED) is 0.741. The van der Waals surface area contributed by atoms with Crippen LogP contribution in [-0.2, 0) is 25.2 Å². The maximum Gasteiger partial charge on any atom is 0.236 e. The Hall–Kier alpha value is -2.73. The Morgan fingerprint density at radius 3 is 2.47 bits per heavy atom. The van der Waals surface area contributed by atoms with Crippen molar-refractivity contribution in [3.63, 3.8) is 0 Å². The number of aromatic nitrogens is 1. The van der Waals surface area contributed by atoms with Gasteiger partial charge in [0.1, 0.15) is 5.41 Å². The standard InChI is InChI=1S/C26H33N3O3/c1-20-8-6-9-21(18-20)25(12-16-32-17-13-25)24(31)29-15-7-11-26(19-29,23(30)28(2)3)22-10-4-5-14-27-22/h4-6,8-10,14,18H,7,11-13,15-17,19H2,1-3H3/t26-/m0/s1. The first-order valence-electron chi connectivity index (χ1n) is 11.5. The summed E-state index contributed by atoms with van der Waals surface area (Å²) in [6.45, 7) is 4.20. The van der Waals surface area contributed by atoms with E-state index >= 15 is 0 Å². The van der Waals surface area contributed by atoms with Gasteiger partial charge in [-0.25, -0.2) is 0 Å². The maximum absolute atomic E-state index is 14.2. The van der Waals surface area contributed by atoms with Gasteiger partial charge in [0.25, 0.3) is 0 Å². The first-order valence-corrected chi connectivity index (χ1v) is 11.5. The number of likely N-dealkylation sites (N-methyl/N-ethyl adjacent to an activating group) is 1. The van der Waals surface area contributed by atoms with Crippen LogP contribution in [0, 0.1) is 6.92 Å². The third-order valence-electron chi connectivity index (χ3n) is 7.08. The van der Waals surface area contributed by atoms with Crippen LogP contribution >= 0.6 is 0 Å². The van der Waals surface area contributed by atoms with Crippen LogP contribution in [0.2, 0.25) is 0 Å². The summed E-state index contributed by atoms with van der Waals surface area (Å²) in [7, 11) is 3.56. The molecule has 6 nitrogen and oxygen atoms in total. The molecule has 1 aromatic heterocycles. The van der Waals surface area contributed by atoms with Crippen molar-refractivity contribution < 1.29 is 14.3 Å². The van der Waals surface area contributed by atoms with Crippen molar-refractivity contribution in [1.29, 1.82) is 0 Å². The SMILES string of the molecule is Cc1cccc(C2(C(=O)N3CCC[C@@](C(=O)N(C)C)(c4ccccn4)C3)CCOCC2)c1. The maximum atomic E-state index is 14.2. The molecule has 0 N–H and O–H groups in total. The summed E-state index contributed by atoms with van der Waals surface area (Å²) in [6, 6.07) is 14.0. The largest absolute Gasteiger partial charge is 0.381 e. The lowest BCUT2D eigenvalue weighted by Gasteiger charge is -2.46. The Morgan fingerprint density at radius 1 is 1.03 bits per heavy atom. The van der Waals surface area contributed by atoms with E-state index in [2.05, 4.69) is 30.1 Å². The second-order valence-electron chi connectivity index (χ2n) is 9.39. The van der Waals surface area contributed by atoms with Gasteiger partial charge in [0.15, 0.2) is 0 Å². The van der Waals surface area contributed by atoms with Gasteiger partial charge in [0.05, 0.1) is 11.1 Å². The fourth-order valence-corrected chi connectivity index (χ4v) is 5.39. The number of rotatable bonds is 4. The van der Waals surface area contributed by atoms with E-state index in [1.165, 1.54) is 0 Å². The van der Waals surface area contributed by atoms with Gasteiger partial charge in [-0.2, -0.15) is 0 Å². The lowest BCUT2D eigenvalue weighted by molar-refractivity contribution is -0.147. The Bertz CT molecular complexity index is 969. The number of carbonyl (C=O) groups excluding carboxylic acids is 2. The lowest BCUT2D eigenvalue weighted by atomic mass is 9.70. The number of likely N-dealkylation sites (tertiary alicyclic amines) is 1. The number of pyridine rings is 1. The number of carbonyl (C=O) groups is 2. The Balaban J connectivity index is 1.73. The molecule has 1 atom stereocenters. The molecule has 0 radical (unpaired) electrons. The van der Waals surface area contributed by atoms with Crippen LogP contribution in [0.1, 0.15) is 42.5 Å². The van der Waals surface area contributed by atoms with Gasteiger partial charge < -0.3 is 14.5 Å². The molecule has 2 aliphatic rings. The second-order valence-corrected chi connectivity index (χ2v) is 9.39. The lowest BCUT2D eigenvalue weighted by Crippen LogP contribution is -2.59. The van der Waals surface area contributed by atoms with Gasteiger partial charge in [-0.05, 0) is 50.3 Å². The zero-order valence-electron chi connectivity index (χ0n) is 19.3. The molecule has 2 saturated heterocycles. The number of hydrogen-bond acceptors (Lipinski definition) is 4. The fourth-order valence-electron chi connectivity index (χ4n) is 5.39. The highest BCUT2D eigenvalue weighted by molar-refractivity contribution is 5.92. The van der Waals surface area contributed by atoms with Crippen molar-refractivity contribution in [3.8, 4) is 0 Å². The van der Waals surface area contributed by atoms with Crippen molar-refractivity contribution in [3.05, 3.63) is 65.5 Å². The predicted octanol–water partition coefficient (Wildman–Crippen LogP) is 3.09. The summed E-state index contributed by atoms with van der Waals surface area (Å²) in [5, 5.41) is 0. The number of amides is 2. The minimum Gasteiger partial charge on any atom is -0.381 e. The number of ether oxygens (including phenoxy) is 1. The average Bonchev–Trinajstić information content (AvgIpc) is 2.84. The number of nitrogens with zero attached hydrogens (tertiary/aromatic N) is 3. The van der Waals surface area contributed by atoms with E-state index in [0.717, 1.165) is 23.2 Å². The first-order chi connectivity index (χ1) is 15.4. The molecule has 0 saturated carbocycles. The fraction of sp³-hybridized carbons (Fsp3) is 0.500. The molecule has 3 heterocycles. The highest BCUT2D eigenvalue weighted by atomic mass is 16.5. The molecule has 2 aromatic rings. The van der Waals surface area contributed by atoms with Crippen LogP contribution in [-0.4, -0.2) is 67.0 Å². The molecule has 1 aromatic carbocycles. The van der Waals surface area contributed by atoms with Crippen LogP contribution in [0.25, 0.3) is 0 Å². The average molecular weight is 436 g/mol. The molecule has 2 fully saturated rings. The first kappa shape index (κ1) is 22.5. The van der Waals surface area contributed by atoms with Crippen LogP contribution in [0.5, 0.6) is 0 Å². The van der Waals surface area contributed by atoms with Crippen molar-refractivity contribution >= 4 is 11.8 Å². The minimum absolute atomic E-state index is 0.00489. The summed E-state index contributed by atoms with van der Waals surface area (Å²) in [6.07, 6.45) is 4.50. The molecule has 4 rings (SSSR count). The second kappa shape index (κ2) is 9.02. The van der Waals surface area contributed by atoms with Gasteiger partial charge in [-0.3, -0.25) is 14.6 Å². The summed E-state index contributed by atoms with van der Waals surface area (Å²) in [4.78, 5) is 35.8. The zero-order valence-corrected chi connectivity index (χ0v) is 19.3. The molecule has 6 heteroatoms. The molecule has 32 heavy (non-hydrogen) atoms. The monoisotopic (exact) mass is 435 g/mol. The molecule has 0 bridgehead atoms. The zero-order chi connectivity index (χ0) is 22.8. The Morgan fingerprint density at radius 2 is 1.81 bits per heavy atom. The Kier molecular flexibility index (Phi) is 6.33. The van der Waals surface area contributed by atoms with E-state index < -0.39 is 10.8 Å².